The van der Waals surface area contributed by atoms with Crippen LogP contribution in [0.3, 0.4) is 0 Å². The van der Waals surface area contributed by atoms with Gasteiger partial charge in [0.25, 0.3) is 10.0 Å². The molecule has 3 nitrogen and oxygen atoms in total. The van der Waals surface area contributed by atoms with Crippen molar-refractivity contribution in [1.29, 1.82) is 0 Å². The summed E-state index contributed by atoms with van der Waals surface area (Å²) in [6.45, 7) is 0. The van der Waals surface area contributed by atoms with Crippen molar-refractivity contribution in [3.63, 3.8) is 0 Å². The highest BCUT2D eigenvalue weighted by Crippen LogP contribution is 2.46. The van der Waals surface area contributed by atoms with Gasteiger partial charge in [0.15, 0.2) is 0 Å². The van der Waals surface area contributed by atoms with Crippen LogP contribution in [-0.4, -0.2) is 8.42 Å². The zero-order valence-corrected chi connectivity index (χ0v) is 19.5. The fourth-order valence-electron chi connectivity index (χ4n) is 2.45. The Kier molecular flexibility index (Phi) is 6.80. The summed E-state index contributed by atoms with van der Waals surface area (Å²) in [5.74, 6) is 0. The maximum Gasteiger partial charge on any atom is 0.416 e. The number of halogens is 8. The van der Waals surface area contributed by atoms with E-state index in [4.69, 9.17) is 58.0 Å². The summed E-state index contributed by atoms with van der Waals surface area (Å²) in [5, 5.41) is 0.601. The molecule has 1 aromatic heterocycles. The van der Waals surface area contributed by atoms with Gasteiger partial charge in [-0.2, -0.15) is 13.2 Å². The highest BCUT2D eigenvalue weighted by atomic mass is 35.5. The molecule has 0 fully saturated rings. The van der Waals surface area contributed by atoms with Crippen molar-refractivity contribution in [2.75, 3.05) is 4.72 Å². The average Bonchev–Trinajstić information content (AvgIpc) is 3.05. The van der Waals surface area contributed by atoms with E-state index in [1.54, 1.807) is 0 Å². The molecule has 0 amide bonds. The van der Waals surface area contributed by atoms with Crippen molar-refractivity contribution < 1.29 is 21.6 Å². The van der Waals surface area contributed by atoms with Crippen LogP contribution in [0.2, 0.25) is 25.1 Å². The van der Waals surface area contributed by atoms with E-state index < -0.39 is 21.8 Å². The summed E-state index contributed by atoms with van der Waals surface area (Å²) in [4.78, 5) is -0.112. The first-order valence-corrected chi connectivity index (χ1v) is 11.9. The smallest absolute Gasteiger partial charge is 0.278 e. The maximum atomic E-state index is 13.0. The van der Waals surface area contributed by atoms with E-state index in [1.165, 1.54) is 23.6 Å². The van der Waals surface area contributed by atoms with Crippen LogP contribution in [0.4, 0.5) is 18.9 Å². The first-order valence-electron chi connectivity index (χ1n) is 7.63. The van der Waals surface area contributed by atoms with E-state index in [0.29, 0.717) is 0 Å². The normalized spacial score (nSPS) is 12.3. The van der Waals surface area contributed by atoms with Crippen LogP contribution in [0.25, 0.3) is 10.4 Å². The molecular weight excluding hydrogens is 549 g/mol. The van der Waals surface area contributed by atoms with E-state index in [1.807, 2.05) is 0 Å². The Morgan fingerprint density at radius 3 is 2.03 bits per heavy atom. The van der Waals surface area contributed by atoms with Gasteiger partial charge in [-0.05, 0) is 35.7 Å². The van der Waals surface area contributed by atoms with Crippen molar-refractivity contribution in [3.8, 4) is 10.4 Å². The van der Waals surface area contributed by atoms with Gasteiger partial charge in [-0.1, -0.05) is 58.0 Å². The number of thiophene rings is 1. The molecule has 0 radical (unpaired) electrons. The van der Waals surface area contributed by atoms with Gasteiger partial charge in [-0.3, -0.25) is 4.72 Å². The highest BCUT2D eigenvalue weighted by Gasteiger charge is 2.33. The molecule has 1 N–H and O–H groups in total. The third-order valence-electron chi connectivity index (χ3n) is 3.80. The van der Waals surface area contributed by atoms with Crippen molar-refractivity contribution in [3.05, 3.63) is 66.4 Å². The first-order chi connectivity index (χ1) is 13.8. The summed E-state index contributed by atoms with van der Waals surface area (Å²) in [5.41, 5.74) is -0.924. The summed E-state index contributed by atoms with van der Waals surface area (Å²) in [6, 6.07) is 5.28. The Balaban J connectivity index is 2.06. The average molecular weight is 556 g/mol. The summed E-state index contributed by atoms with van der Waals surface area (Å²) >= 11 is 30.9. The van der Waals surface area contributed by atoms with E-state index in [-0.39, 0.29) is 46.1 Å². The van der Waals surface area contributed by atoms with Gasteiger partial charge in [0.1, 0.15) is 4.90 Å². The second kappa shape index (κ2) is 8.58. The molecule has 0 saturated carbocycles. The highest BCUT2D eigenvalue weighted by molar-refractivity contribution is 7.92. The minimum absolute atomic E-state index is 0.0469. The van der Waals surface area contributed by atoms with E-state index >= 15 is 0 Å². The predicted molar refractivity (Wildman–Crippen MR) is 117 cm³/mol. The van der Waals surface area contributed by atoms with Crippen LogP contribution in [-0.2, 0) is 16.2 Å². The molecule has 0 spiro atoms. The lowest BCUT2D eigenvalue weighted by Crippen LogP contribution is -2.13. The summed E-state index contributed by atoms with van der Waals surface area (Å²) < 4.78 is 66.9. The number of rotatable bonds is 4. The fraction of sp³-hybridized carbons (Fsp3) is 0.0588. The van der Waals surface area contributed by atoms with Gasteiger partial charge in [0.05, 0.1) is 41.2 Å². The first kappa shape index (κ1) is 23.8. The second-order valence-corrected chi connectivity index (χ2v) is 10.3. The van der Waals surface area contributed by atoms with Gasteiger partial charge in [0, 0.05) is 5.56 Å². The Hall–Kier alpha value is -0.870. The monoisotopic (exact) mass is 553 g/mol. The summed E-state index contributed by atoms with van der Waals surface area (Å²) in [6.07, 6.45) is -4.64. The number of anilines is 1. The largest absolute Gasteiger partial charge is 0.416 e. The fourth-order valence-corrected chi connectivity index (χ4v) is 6.28. The van der Waals surface area contributed by atoms with Crippen molar-refractivity contribution in [2.24, 2.45) is 0 Å². The zero-order valence-electron chi connectivity index (χ0n) is 14.1. The van der Waals surface area contributed by atoms with Crippen LogP contribution in [0.1, 0.15) is 5.56 Å². The molecule has 3 aromatic rings. The van der Waals surface area contributed by atoms with Crippen LogP contribution in [0, 0.1) is 0 Å². The van der Waals surface area contributed by atoms with Gasteiger partial charge in [0.2, 0.25) is 0 Å². The SMILES string of the molecule is O=S(=O)(Nc1ccsc1-c1c(Cl)cc(C(F)(F)F)cc1Cl)c1ccc(Cl)c(Cl)c1Cl. The molecule has 13 heteroatoms. The number of alkyl halides is 3. The van der Waals surface area contributed by atoms with E-state index in [2.05, 4.69) is 4.72 Å². The molecule has 1 heterocycles. The number of hydrogen-bond donors (Lipinski definition) is 1. The van der Waals surface area contributed by atoms with E-state index in [0.717, 1.165) is 23.5 Å². The van der Waals surface area contributed by atoms with E-state index in [9.17, 15) is 21.6 Å². The van der Waals surface area contributed by atoms with Gasteiger partial charge in [-0.15, -0.1) is 11.3 Å². The lowest BCUT2D eigenvalue weighted by molar-refractivity contribution is -0.137. The number of hydrogen-bond acceptors (Lipinski definition) is 3. The minimum Gasteiger partial charge on any atom is -0.278 e. The number of sulfonamides is 1. The molecule has 3 rings (SSSR count). The molecule has 0 aliphatic rings. The summed E-state index contributed by atoms with van der Waals surface area (Å²) in [7, 11) is -4.23. The molecule has 0 saturated heterocycles. The molecule has 0 aliphatic heterocycles. The number of benzene rings is 2. The molecule has 160 valence electrons. The molecule has 0 aliphatic carbocycles. The maximum absolute atomic E-state index is 13.0. The molecule has 0 atom stereocenters. The van der Waals surface area contributed by atoms with Crippen molar-refractivity contribution in [2.45, 2.75) is 11.1 Å². The minimum atomic E-state index is -4.64. The topological polar surface area (TPSA) is 46.2 Å². The third kappa shape index (κ3) is 4.65. The third-order valence-corrected chi connectivity index (χ3v) is 8.14. The van der Waals surface area contributed by atoms with Gasteiger partial charge >= 0.3 is 6.18 Å². The van der Waals surface area contributed by atoms with Gasteiger partial charge < -0.3 is 0 Å². The van der Waals surface area contributed by atoms with Crippen LogP contribution in [0.15, 0.2) is 40.6 Å². The quantitative estimate of drug-likeness (QED) is 0.328. The van der Waals surface area contributed by atoms with Crippen LogP contribution < -0.4 is 4.72 Å². The molecule has 0 unspecified atom stereocenters. The Labute approximate surface area is 198 Å². The van der Waals surface area contributed by atoms with Crippen LogP contribution in [0.5, 0.6) is 0 Å². The molecule has 0 bridgehead atoms. The van der Waals surface area contributed by atoms with Gasteiger partial charge in [-0.25, -0.2) is 8.42 Å². The zero-order chi connectivity index (χ0) is 22.4. The molecule has 30 heavy (non-hydrogen) atoms. The Morgan fingerprint density at radius 2 is 1.47 bits per heavy atom. The second-order valence-electron chi connectivity index (χ2n) is 5.76. The lowest BCUT2D eigenvalue weighted by Gasteiger charge is -2.14. The Morgan fingerprint density at radius 1 is 0.867 bits per heavy atom. The predicted octanol–water partition coefficient (Wildman–Crippen LogP) is 8.50. The van der Waals surface area contributed by atoms with Crippen LogP contribution >= 0.6 is 69.3 Å². The Bertz CT molecular complexity index is 1220. The number of nitrogens with one attached hydrogen (secondary N) is 1. The standard InChI is InChI=1S/C17H7Cl5F3NO2S2/c18-8-1-2-12(15(22)14(8)21)30(27,28)26-11-3-4-29-16(11)13-9(19)5-7(6-10(13)20)17(23,24)25/h1-6,26H. The van der Waals surface area contributed by atoms with Crippen molar-refractivity contribution in [1.82, 2.24) is 0 Å². The molecule has 2 aromatic carbocycles. The van der Waals surface area contributed by atoms with Crippen molar-refractivity contribution >= 4 is 85.1 Å². The molecular formula is C17H7Cl5F3NO2S2. The lowest BCUT2D eigenvalue weighted by atomic mass is 10.1.